The van der Waals surface area contributed by atoms with Crippen LogP contribution in [-0.2, 0) is 26.3 Å². The van der Waals surface area contributed by atoms with Crippen LogP contribution >= 0.6 is 17.0 Å². The fourth-order valence-electron chi connectivity index (χ4n) is 3.35. The molecule has 3 rings (SSSR count). The summed E-state index contributed by atoms with van der Waals surface area (Å²) in [6, 6.07) is 18.5. The van der Waals surface area contributed by atoms with E-state index in [1.807, 2.05) is 24.3 Å². The van der Waals surface area contributed by atoms with Gasteiger partial charge in [0.1, 0.15) is 11.6 Å². The summed E-state index contributed by atoms with van der Waals surface area (Å²) in [7, 11) is 9.81. The Balaban J connectivity index is 0.000000941. The number of para-hydroxylation sites is 2. The fourth-order valence-corrected chi connectivity index (χ4v) is 5.63. The first-order valence-electron chi connectivity index (χ1n) is 9.43. The zero-order valence-electron chi connectivity index (χ0n) is 17.8. The van der Waals surface area contributed by atoms with Crippen LogP contribution in [0.3, 0.4) is 0 Å². The van der Waals surface area contributed by atoms with Crippen molar-refractivity contribution in [2.75, 3.05) is 11.6 Å². The first kappa shape index (κ1) is 24.4. The van der Waals surface area contributed by atoms with E-state index >= 15 is 0 Å². The third-order valence-electron chi connectivity index (χ3n) is 5.27. The minimum absolute atomic E-state index is 0.0929. The molecule has 0 unspecified atom stereocenters. The molecule has 0 aliphatic heterocycles. The van der Waals surface area contributed by atoms with Crippen LogP contribution in [0.15, 0.2) is 54.6 Å². The third kappa shape index (κ3) is 5.64. The van der Waals surface area contributed by atoms with Crippen molar-refractivity contribution in [3.8, 4) is 5.75 Å². The number of aromatic nitrogens is 1. The number of aromatic hydroxyl groups is 1. The molecule has 0 fully saturated rings. The van der Waals surface area contributed by atoms with E-state index in [0.717, 1.165) is 27.5 Å². The van der Waals surface area contributed by atoms with Gasteiger partial charge in [-0.3, -0.25) is 0 Å². The number of halogens is 2. The van der Waals surface area contributed by atoms with Crippen LogP contribution in [0.2, 0.25) is 13.1 Å². The van der Waals surface area contributed by atoms with E-state index in [1.54, 1.807) is 0 Å². The van der Waals surface area contributed by atoms with Crippen molar-refractivity contribution in [2.24, 2.45) is 0 Å². The topological polar surface area (TPSA) is 36.4 Å². The van der Waals surface area contributed by atoms with Crippen molar-refractivity contribution in [2.45, 2.75) is 39.3 Å². The molecule has 154 valence electrons. The maximum absolute atomic E-state index is 11.0. The van der Waals surface area contributed by atoms with E-state index in [9.17, 15) is 5.11 Å². The molecular formula is C22H28Cl2N2OSiZr. The number of nitrogens with zero attached hydrogens (tertiary/aromatic N) is 2. The van der Waals surface area contributed by atoms with Gasteiger partial charge in [0.2, 0.25) is 0 Å². The zero-order chi connectivity index (χ0) is 21.8. The van der Waals surface area contributed by atoms with E-state index in [-0.39, 0.29) is 5.41 Å². The van der Waals surface area contributed by atoms with E-state index in [2.05, 4.69) is 75.8 Å². The molecule has 0 spiro atoms. The van der Waals surface area contributed by atoms with Crippen LogP contribution in [0, 0.1) is 0 Å². The maximum atomic E-state index is 11.0. The van der Waals surface area contributed by atoms with Crippen LogP contribution in [0.1, 0.15) is 26.3 Å². The molecule has 29 heavy (non-hydrogen) atoms. The summed E-state index contributed by atoms with van der Waals surface area (Å²) < 4.78 is 2.26. The summed E-state index contributed by atoms with van der Waals surface area (Å²) >= 11 is -0.826. The zero-order valence-corrected chi connectivity index (χ0v) is 22.8. The monoisotopic (exact) mass is 524 g/mol. The van der Waals surface area contributed by atoms with Crippen molar-refractivity contribution in [1.29, 1.82) is 0 Å². The van der Waals surface area contributed by atoms with Crippen LogP contribution in [0.5, 0.6) is 5.75 Å². The second kappa shape index (κ2) is 9.96. The molecule has 3 aromatic rings. The Morgan fingerprint density at radius 1 is 0.966 bits per heavy atom. The van der Waals surface area contributed by atoms with Crippen molar-refractivity contribution >= 4 is 47.2 Å². The fraction of sp³-hybridized carbons (Fsp3) is 0.318. The minimum atomic E-state index is -2.14. The van der Waals surface area contributed by atoms with Gasteiger partial charge in [0.05, 0.1) is 5.52 Å². The van der Waals surface area contributed by atoms with Gasteiger partial charge in [0, 0.05) is 10.6 Å². The number of phenolic OH excluding ortho intramolecular Hbond substituents is 1. The molecule has 0 saturated heterocycles. The number of rotatable bonds is 3. The molecule has 1 heterocycles. The molecule has 0 aliphatic rings. The second-order valence-corrected chi connectivity index (χ2v) is 16.6. The molecule has 1 aromatic heterocycles. The van der Waals surface area contributed by atoms with E-state index in [1.165, 1.54) is 0 Å². The summed E-state index contributed by atoms with van der Waals surface area (Å²) in [6.45, 7) is 10.9. The molecule has 0 bridgehead atoms. The summed E-state index contributed by atoms with van der Waals surface area (Å²) in [4.78, 5) is 4.85. The van der Waals surface area contributed by atoms with Gasteiger partial charge in [-0.1, -0.05) is 57.2 Å². The van der Waals surface area contributed by atoms with Crippen molar-refractivity contribution < 1.29 is 26.0 Å². The quantitative estimate of drug-likeness (QED) is 0.415. The van der Waals surface area contributed by atoms with Gasteiger partial charge < -0.3 is 9.67 Å². The third-order valence-corrected chi connectivity index (χ3v) is 8.90. The normalized spacial score (nSPS) is 11.6. The van der Waals surface area contributed by atoms with Gasteiger partial charge in [-0.05, 0) is 49.3 Å². The molecule has 7 heteroatoms. The predicted molar refractivity (Wildman–Crippen MR) is 126 cm³/mol. The van der Waals surface area contributed by atoms with Gasteiger partial charge in [0.25, 0.3) is 0 Å². The van der Waals surface area contributed by atoms with Gasteiger partial charge in [0.15, 0.2) is 8.24 Å². The SMILES string of the molecule is CN(c1ccc2ccccc2n1)[Si](C)(C)c1cccc(C(C)(C)C)c1O.[Cl][Zr][Cl]. The average molecular weight is 527 g/mol. The van der Waals surface area contributed by atoms with Crippen molar-refractivity contribution in [3.05, 3.63) is 60.2 Å². The number of benzene rings is 2. The summed E-state index contributed by atoms with van der Waals surface area (Å²) in [5.41, 5.74) is 1.90. The Labute approximate surface area is 193 Å². The molecular weight excluding hydrogens is 498 g/mol. The van der Waals surface area contributed by atoms with Gasteiger partial charge >= 0.3 is 37.9 Å². The van der Waals surface area contributed by atoms with Crippen molar-refractivity contribution in [1.82, 2.24) is 4.98 Å². The van der Waals surface area contributed by atoms with Crippen LogP contribution < -0.4 is 9.75 Å². The molecule has 0 radical (unpaired) electrons. The summed E-state index contributed by atoms with van der Waals surface area (Å²) in [6.07, 6.45) is 0. The van der Waals surface area contributed by atoms with Crippen molar-refractivity contribution in [3.63, 3.8) is 0 Å². The van der Waals surface area contributed by atoms with E-state index in [4.69, 9.17) is 22.0 Å². The Kier molecular flexibility index (Phi) is 8.38. The van der Waals surface area contributed by atoms with Crippen LogP contribution in [0.25, 0.3) is 10.9 Å². The number of hydrogen-bond donors (Lipinski definition) is 1. The van der Waals surface area contributed by atoms with Gasteiger partial charge in [-0.15, -0.1) is 0 Å². The second-order valence-electron chi connectivity index (χ2n) is 8.50. The molecule has 0 amide bonds. The molecule has 2 aromatic carbocycles. The molecule has 0 saturated carbocycles. The Morgan fingerprint density at radius 3 is 2.21 bits per heavy atom. The van der Waals surface area contributed by atoms with Crippen LogP contribution in [0.4, 0.5) is 5.82 Å². The van der Waals surface area contributed by atoms with Crippen LogP contribution in [-0.4, -0.2) is 25.4 Å². The number of hydrogen-bond acceptors (Lipinski definition) is 3. The number of fused-ring (bicyclic) bond motifs is 1. The summed E-state index contributed by atoms with van der Waals surface area (Å²) in [5.74, 6) is 1.38. The Morgan fingerprint density at radius 2 is 1.59 bits per heavy atom. The molecule has 3 nitrogen and oxygen atoms in total. The molecule has 1 N–H and O–H groups in total. The number of pyridine rings is 1. The predicted octanol–water partition coefficient (Wildman–Crippen LogP) is 6.16. The van der Waals surface area contributed by atoms with E-state index < -0.39 is 29.1 Å². The Hall–Kier alpha value is -0.870. The number of anilines is 1. The first-order chi connectivity index (χ1) is 13.5. The Bertz CT molecular complexity index is 976. The first-order valence-corrected chi connectivity index (χ1v) is 18.7. The molecule has 0 atom stereocenters. The summed E-state index contributed by atoms with van der Waals surface area (Å²) in [5, 5.41) is 13.2. The molecule has 0 aliphatic carbocycles. The average Bonchev–Trinajstić information content (AvgIpc) is 2.66. The number of phenols is 1. The van der Waals surface area contributed by atoms with Gasteiger partial charge in [-0.25, -0.2) is 4.98 Å². The standard InChI is InChI=1S/C22H28N2OSi.2ClH.Zr/c1-22(2,3)17-11-9-13-19(21(17)25)26(5,6)24(4)20-15-14-16-10-7-8-12-18(16)23-20;;;/h7-15,25H,1-6H3;2*1H;/q;;;+2/p-2. The van der Waals surface area contributed by atoms with Gasteiger partial charge in [-0.2, -0.15) is 0 Å². The van der Waals surface area contributed by atoms with E-state index in [0.29, 0.717) is 5.75 Å².